The summed E-state index contributed by atoms with van der Waals surface area (Å²) in [6, 6.07) is 98.0. The van der Waals surface area contributed by atoms with E-state index in [4.69, 9.17) is 21.6 Å². The van der Waals surface area contributed by atoms with Gasteiger partial charge < -0.3 is 4.98 Å². The minimum Gasteiger partial charge on any atom is -0.354 e. The zero-order valence-electron chi connectivity index (χ0n) is 44.7. The molecule has 6 nitrogen and oxygen atoms in total. The van der Waals surface area contributed by atoms with E-state index in [0.29, 0.717) is 5.95 Å². The molecule has 0 unspecified atom stereocenters. The zero-order chi connectivity index (χ0) is 55.0. The SMILES string of the molecule is Clc1nc(-c2ccccc2)c2ccccc2n1.c1ccc(-c2nc(-n3c4ccccc4c4c5ccc6ccc7ccccc7c6c5ccc43)nc3ccccc23)cc1.c1ccc2c(c1)ccc1ccc3c(ccc4[nH]c5ccccc5c43)c12. The molecule has 0 spiro atoms. The Morgan fingerprint density at radius 3 is 1.35 bits per heavy atom. The van der Waals surface area contributed by atoms with Gasteiger partial charge in [0.2, 0.25) is 11.2 Å². The molecule has 0 saturated carbocycles. The molecule has 0 fully saturated rings. The monoisotopic (exact) mass is 1080 g/mol. The van der Waals surface area contributed by atoms with Crippen molar-refractivity contribution in [3.63, 3.8) is 0 Å². The Morgan fingerprint density at radius 1 is 0.265 bits per heavy atom. The lowest BCUT2D eigenvalue weighted by Gasteiger charge is -2.12. The normalized spacial score (nSPS) is 11.7. The van der Waals surface area contributed by atoms with Crippen LogP contribution in [0.3, 0.4) is 0 Å². The largest absolute Gasteiger partial charge is 0.354 e. The average Bonchev–Trinajstić information content (AvgIpc) is 4.03. The molecule has 7 heteroatoms. The highest BCUT2D eigenvalue weighted by atomic mass is 35.5. The van der Waals surface area contributed by atoms with Crippen LogP contribution in [-0.2, 0) is 0 Å². The number of H-pyrrole nitrogens is 1. The summed E-state index contributed by atoms with van der Waals surface area (Å²) >= 11 is 5.95. The van der Waals surface area contributed by atoms with E-state index in [1.165, 1.54) is 97.2 Å². The summed E-state index contributed by atoms with van der Waals surface area (Å²) in [5, 5.41) is 22.9. The first-order valence-electron chi connectivity index (χ1n) is 27.9. The van der Waals surface area contributed by atoms with Gasteiger partial charge >= 0.3 is 0 Å². The van der Waals surface area contributed by atoms with Gasteiger partial charge in [0.05, 0.1) is 33.5 Å². The number of aromatic amines is 1. The summed E-state index contributed by atoms with van der Waals surface area (Å²) in [5.41, 5.74) is 10.3. The van der Waals surface area contributed by atoms with E-state index in [1.54, 1.807) is 0 Å². The first kappa shape index (κ1) is 48.1. The van der Waals surface area contributed by atoms with Gasteiger partial charge in [-0.25, -0.2) is 19.9 Å². The molecule has 388 valence electrons. The van der Waals surface area contributed by atoms with E-state index in [-0.39, 0.29) is 5.28 Å². The van der Waals surface area contributed by atoms with E-state index in [1.807, 2.05) is 66.7 Å². The molecule has 4 aromatic heterocycles. The molecular weight excluding hydrogens is 1030 g/mol. The molecule has 18 aromatic rings. The van der Waals surface area contributed by atoms with Crippen LogP contribution in [0, 0.1) is 0 Å². The molecule has 83 heavy (non-hydrogen) atoms. The second-order valence-electron chi connectivity index (χ2n) is 21.0. The van der Waals surface area contributed by atoms with E-state index >= 15 is 0 Å². The van der Waals surface area contributed by atoms with Gasteiger partial charge in [-0.05, 0) is 113 Å². The van der Waals surface area contributed by atoms with Crippen molar-refractivity contribution in [1.29, 1.82) is 0 Å². The third-order valence-corrected chi connectivity index (χ3v) is 16.5. The van der Waals surface area contributed by atoms with Gasteiger partial charge in [0, 0.05) is 54.5 Å². The summed E-state index contributed by atoms with van der Waals surface area (Å²) in [6.45, 7) is 0. The maximum atomic E-state index is 5.95. The van der Waals surface area contributed by atoms with Crippen LogP contribution in [0.4, 0.5) is 0 Å². The van der Waals surface area contributed by atoms with Gasteiger partial charge in [0.25, 0.3) is 0 Å². The minimum atomic E-state index is 0.280. The summed E-state index contributed by atoms with van der Waals surface area (Å²) in [6.07, 6.45) is 0. The zero-order valence-corrected chi connectivity index (χ0v) is 45.4. The molecule has 0 aliphatic rings. The number of para-hydroxylation sites is 4. The fourth-order valence-electron chi connectivity index (χ4n) is 12.7. The van der Waals surface area contributed by atoms with Gasteiger partial charge in [-0.3, -0.25) is 4.57 Å². The number of nitrogens with zero attached hydrogens (tertiary/aromatic N) is 5. The summed E-state index contributed by atoms with van der Waals surface area (Å²) in [5.74, 6) is 0.680. The number of benzene rings is 14. The molecular formula is C76H47ClN6. The van der Waals surface area contributed by atoms with Crippen molar-refractivity contribution in [3.05, 3.63) is 284 Å². The lowest BCUT2D eigenvalue weighted by molar-refractivity contribution is 1.01. The van der Waals surface area contributed by atoms with E-state index in [9.17, 15) is 0 Å². The molecule has 18 rings (SSSR count). The van der Waals surface area contributed by atoms with Crippen molar-refractivity contribution in [3.8, 4) is 28.5 Å². The van der Waals surface area contributed by atoms with Crippen molar-refractivity contribution in [2.75, 3.05) is 0 Å². The second-order valence-corrected chi connectivity index (χ2v) is 21.4. The maximum Gasteiger partial charge on any atom is 0.235 e. The number of aromatic nitrogens is 6. The Kier molecular flexibility index (Phi) is 11.5. The van der Waals surface area contributed by atoms with Crippen LogP contribution in [0.2, 0.25) is 5.28 Å². The van der Waals surface area contributed by atoms with Crippen LogP contribution < -0.4 is 0 Å². The number of hydrogen-bond acceptors (Lipinski definition) is 4. The lowest BCUT2D eigenvalue weighted by Crippen LogP contribution is -2.03. The summed E-state index contributed by atoms with van der Waals surface area (Å²) in [7, 11) is 0. The van der Waals surface area contributed by atoms with Gasteiger partial charge in [-0.15, -0.1) is 0 Å². The third kappa shape index (κ3) is 8.10. The predicted octanol–water partition coefficient (Wildman–Crippen LogP) is 20.6. The highest BCUT2D eigenvalue weighted by molar-refractivity contribution is 6.31. The molecule has 0 amide bonds. The molecule has 0 saturated heterocycles. The minimum absolute atomic E-state index is 0.280. The average molecular weight is 1080 g/mol. The molecule has 4 heterocycles. The number of fused-ring (bicyclic) bond motifs is 20. The first-order valence-corrected chi connectivity index (χ1v) is 28.3. The molecule has 0 radical (unpaired) electrons. The van der Waals surface area contributed by atoms with E-state index in [2.05, 4.69) is 232 Å². The Hall–Kier alpha value is -10.8. The molecule has 1 N–H and O–H groups in total. The highest BCUT2D eigenvalue weighted by Gasteiger charge is 2.20. The standard InChI is InChI=1S/C38H23N3.C24H15N.C14H9ClN2/c1-2-11-26(12-3-1)37-30-14-6-8-16-32(30)39-38(40-37)41-33-17-9-7-15-31(33)36-29-21-20-25-19-18-24-10-4-5-13-27(24)35(25)28(29)22-23-34(36)41;1-2-6-17-15(5-1)9-10-16-11-12-19-18(23(16)17)13-14-22-24(19)20-7-3-4-8-21(20)25-22;15-14-16-12-9-5-4-8-11(12)13(17-14)10-6-2-1-3-7-10/h1-23H;1-14,25H;1-9H. The topological polar surface area (TPSA) is 72.3 Å². The van der Waals surface area contributed by atoms with Gasteiger partial charge in [0.15, 0.2) is 0 Å². The Balaban J connectivity index is 0.000000114. The van der Waals surface area contributed by atoms with Crippen LogP contribution in [0.5, 0.6) is 0 Å². The maximum absolute atomic E-state index is 5.95. The van der Waals surface area contributed by atoms with Gasteiger partial charge in [-0.2, -0.15) is 0 Å². The Bertz CT molecular complexity index is 5600. The number of rotatable bonds is 3. The third-order valence-electron chi connectivity index (χ3n) is 16.4. The number of hydrogen-bond donors (Lipinski definition) is 1. The lowest BCUT2D eigenvalue weighted by atomic mass is 9.94. The molecule has 14 aromatic carbocycles. The Labute approximate surface area is 481 Å². The summed E-state index contributed by atoms with van der Waals surface area (Å²) in [4.78, 5) is 22.5. The fourth-order valence-corrected chi connectivity index (χ4v) is 12.9. The number of halogens is 1. The van der Waals surface area contributed by atoms with Crippen molar-refractivity contribution < 1.29 is 0 Å². The second kappa shape index (κ2) is 19.8. The first-order chi connectivity index (χ1) is 41.1. The van der Waals surface area contributed by atoms with Crippen molar-refractivity contribution in [2.24, 2.45) is 0 Å². The van der Waals surface area contributed by atoms with E-state index < -0.39 is 0 Å². The van der Waals surface area contributed by atoms with Crippen molar-refractivity contribution in [2.45, 2.75) is 0 Å². The fraction of sp³-hybridized carbons (Fsp3) is 0. The Morgan fingerprint density at radius 2 is 0.711 bits per heavy atom. The van der Waals surface area contributed by atoms with Gasteiger partial charge in [-0.1, -0.05) is 243 Å². The van der Waals surface area contributed by atoms with Crippen LogP contribution >= 0.6 is 11.6 Å². The van der Waals surface area contributed by atoms with Crippen LogP contribution in [0.25, 0.3) is 159 Å². The smallest absolute Gasteiger partial charge is 0.235 e. The molecule has 0 bridgehead atoms. The van der Waals surface area contributed by atoms with Crippen molar-refractivity contribution in [1.82, 2.24) is 29.5 Å². The van der Waals surface area contributed by atoms with Crippen molar-refractivity contribution >= 4 is 142 Å². The summed E-state index contributed by atoms with van der Waals surface area (Å²) < 4.78 is 2.23. The van der Waals surface area contributed by atoms with Gasteiger partial charge in [0.1, 0.15) is 0 Å². The van der Waals surface area contributed by atoms with Crippen LogP contribution in [-0.4, -0.2) is 29.5 Å². The highest BCUT2D eigenvalue weighted by Crippen LogP contribution is 2.42. The molecule has 0 atom stereocenters. The molecule has 0 aliphatic carbocycles. The molecule has 0 aliphatic heterocycles. The quantitative estimate of drug-likeness (QED) is 0.141. The van der Waals surface area contributed by atoms with E-state index in [0.717, 1.165) is 55.4 Å². The predicted molar refractivity (Wildman–Crippen MR) is 350 cm³/mol. The van der Waals surface area contributed by atoms with Crippen LogP contribution in [0.1, 0.15) is 0 Å². The number of nitrogens with one attached hydrogen (secondary N) is 1. The van der Waals surface area contributed by atoms with Crippen LogP contribution in [0.15, 0.2) is 279 Å².